The number of ketones is 1. The zero-order chi connectivity index (χ0) is 13.5. The molecule has 0 spiro atoms. The molecule has 0 aromatic heterocycles. The summed E-state index contributed by atoms with van der Waals surface area (Å²) in [6, 6.07) is 2.61. The van der Waals surface area contributed by atoms with Crippen molar-refractivity contribution in [1.29, 1.82) is 0 Å². The van der Waals surface area contributed by atoms with Gasteiger partial charge in [0.05, 0.1) is 24.0 Å². The molecule has 2 rings (SSSR count). The Bertz CT molecular complexity index is 536. The van der Waals surface area contributed by atoms with E-state index in [9.17, 15) is 14.9 Å². The van der Waals surface area contributed by atoms with E-state index in [1.54, 1.807) is 13.8 Å². The zero-order valence-electron chi connectivity index (χ0n) is 10.4. The molecule has 0 atom stereocenters. The van der Waals surface area contributed by atoms with Crippen LogP contribution in [0.4, 0.5) is 5.69 Å². The fraction of sp³-hybridized carbons (Fsp3) is 0.417. The van der Waals surface area contributed by atoms with Gasteiger partial charge in [-0.15, -0.1) is 0 Å². The Morgan fingerprint density at radius 2 is 2.11 bits per heavy atom. The smallest absolute Gasteiger partial charge is 0.311 e. The summed E-state index contributed by atoms with van der Waals surface area (Å²) >= 11 is 0. The van der Waals surface area contributed by atoms with E-state index >= 15 is 0 Å². The van der Waals surface area contributed by atoms with Crippen LogP contribution in [0.3, 0.4) is 0 Å². The van der Waals surface area contributed by atoms with Crippen molar-refractivity contribution in [2.75, 3.05) is 7.11 Å². The molecule has 0 unspecified atom stereocenters. The summed E-state index contributed by atoms with van der Waals surface area (Å²) in [5.74, 6) is 0.259. The molecule has 0 saturated heterocycles. The first-order valence-electron chi connectivity index (χ1n) is 5.43. The largest absolute Gasteiger partial charge is 0.490 e. The molecule has 1 aliphatic heterocycles. The number of rotatable bonds is 2. The second kappa shape index (κ2) is 3.97. The standard InChI is InChI=1S/C12H13NO5/c1-12(2)6-9(14)7-4-8(13(15)16)11(17-3)5-10(7)18-12/h4-5H,6H2,1-3H3. The number of nitro benzene ring substituents is 1. The second-order valence-corrected chi connectivity index (χ2v) is 4.74. The minimum Gasteiger partial charge on any atom is -0.490 e. The van der Waals surface area contributed by atoms with Crippen molar-refractivity contribution in [1.82, 2.24) is 0 Å². The molecule has 0 aliphatic carbocycles. The van der Waals surface area contributed by atoms with Gasteiger partial charge >= 0.3 is 5.69 Å². The van der Waals surface area contributed by atoms with Crippen LogP contribution < -0.4 is 9.47 Å². The predicted molar refractivity (Wildman–Crippen MR) is 63.3 cm³/mol. The molecule has 1 heterocycles. The summed E-state index contributed by atoms with van der Waals surface area (Å²) in [5.41, 5.74) is -0.597. The van der Waals surface area contributed by atoms with Gasteiger partial charge in [0, 0.05) is 12.1 Å². The number of hydrogen-bond donors (Lipinski definition) is 0. The first-order valence-corrected chi connectivity index (χ1v) is 5.43. The highest BCUT2D eigenvalue weighted by Gasteiger charge is 2.35. The normalized spacial score (nSPS) is 16.7. The quantitative estimate of drug-likeness (QED) is 0.595. The van der Waals surface area contributed by atoms with Crippen molar-refractivity contribution in [3.8, 4) is 11.5 Å². The van der Waals surface area contributed by atoms with Gasteiger partial charge in [-0.05, 0) is 13.8 Å². The van der Waals surface area contributed by atoms with E-state index in [0.717, 1.165) is 0 Å². The summed E-state index contributed by atoms with van der Waals surface area (Å²) in [6.07, 6.45) is 0.198. The van der Waals surface area contributed by atoms with Crippen LogP contribution in [0.15, 0.2) is 12.1 Å². The number of Topliss-reactive ketones (excluding diaryl/α,β-unsaturated/α-hetero) is 1. The lowest BCUT2D eigenvalue weighted by molar-refractivity contribution is -0.385. The minimum absolute atomic E-state index is 0.0873. The Kier molecular flexibility index (Phi) is 2.73. The Hall–Kier alpha value is -2.11. The molecule has 0 amide bonds. The lowest BCUT2D eigenvalue weighted by atomic mass is 9.93. The molecular weight excluding hydrogens is 238 g/mol. The van der Waals surface area contributed by atoms with Gasteiger partial charge in [0.15, 0.2) is 5.78 Å². The fourth-order valence-corrected chi connectivity index (χ4v) is 1.97. The highest BCUT2D eigenvalue weighted by atomic mass is 16.6. The molecule has 0 bridgehead atoms. The number of ether oxygens (including phenoxy) is 2. The van der Waals surface area contributed by atoms with E-state index < -0.39 is 10.5 Å². The molecule has 0 radical (unpaired) electrons. The van der Waals surface area contributed by atoms with Gasteiger partial charge in [-0.2, -0.15) is 0 Å². The summed E-state index contributed by atoms with van der Waals surface area (Å²) in [6.45, 7) is 3.59. The van der Waals surface area contributed by atoms with E-state index in [1.807, 2.05) is 0 Å². The van der Waals surface area contributed by atoms with E-state index in [0.29, 0.717) is 5.75 Å². The molecule has 96 valence electrons. The SMILES string of the molecule is COc1cc2c(cc1[N+](=O)[O-])C(=O)CC(C)(C)O2. The number of benzene rings is 1. The first kappa shape index (κ1) is 12.3. The lowest BCUT2D eigenvalue weighted by Crippen LogP contribution is -2.35. The molecule has 1 aromatic rings. The molecule has 0 saturated carbocycles. The number of carbonyl (C=O) groups excluding carboxylic acids is 1. The maximum Gasteiger partial charge on any atom is 0.311 e. The van der Waals surface area contributed by atoms with Crippen LogP contribution in [0.5, 0.6) is 11.5 Å². The Balaban J connectivity index is 2.60. The van der Waals surface area contributed by atoms with Crippen molar-refractivity contribution >= 4 is 11.5 Å². The monoisotopic (exact) mass is 251 g/mol. The fourth-order valence-electron chi connectivity index (χ4n) is 1.97. The van der Waals surface area contributed by atoms with E-state index in [-0.39, 0.29) is 29.2 Å². The molecule has 0 fully saturated rings. The highest BCUT2D eigenvalue weighted by Crippen LogP contribution is 2.40. The summed E-state index contributed by atoms with van der Waals surface area (Å²) in [7, 11) is 1.34. The first-order chi connectivity index (χ1) is 8.34. The summed E-state index contributed by atoms with van der Waals surface area (Å²) in [4.78, 5) is 22.2. The average molecular weight is 251 g/mol. The molecular formula is C12H13NO5. The topological polar surface area (TPSA) is 78.7 Å². The zero-order valence-corrected chi connectivity index (χ0v) is 10.4. The van der Waals surface area contributed by atoms with Crippen LogP contribution in [0.2, 0.25) is 0 Å². The number of nitro groups is 1. The van der Waals surface area contributed by atoms with Crippen LogP contribution in [-0.4, -0.2) is 23.4 Å². The van der Waals surface area contributed by atoms with E-state index in [1.165, 1.54) is 19.2 Å². The summed E-state index contributed by atoms with van der Waals surface area (Å²) in [5, 5.41) is 10.9. The molecule has 0 N–H and O–H groups in total. The van der Waals surface area contributed by atoms with Crippen molar-refractivity contribution in [2.45, 2.75) is 25.9 Å². The second-order valence-electron chi connectivity index (χ2n) is 4.74. The van der Waals surface area contributed by atoms with Gasteiger partial charge < -0.3 is 9.47 Å². The minimum atomic E-state index is -0.606. The molecule has 1 aromatic carbocycles. The maximum absolute atomic E-state index is 11.9. The summed E-state index contributed by atoms with van der Waals surface area (Å²) < 4.78 is 10.6. The number of methoxy groups -OCH3 is 1. The van der Waals surface area contributed by atoms with Gasteiger partial charge in [-0.3, -0.25) is 14.9 Å². The molecule has 6 nitrogen and oxygen atoms in total. The van der Waals surface area contributed by atoms with Crippen LogP contribution in [0.25, 0.3) is 0 Å². The Morgan fingerprint density at radius 1 is 1.44 bits per heavy atom. The number of carbonyl (C=O) groups is 1. The third-order valence-electron chi connectivity index (χ3n) is 2.75. The van der Waals surface area contributed by atoms with Crippen molar-refractivity contribution in [2.24, 2.45) is 0 Å². The van der Waals surface area contributed by atoms with Crippen molar-refractivity contribution in [3.63, 3.8) is 0 Å². The number of fused-ring (bicyclic) bond motifs is 1. The van der Waals surface area contributed by atoms with Gasteiger partial charge in [-0.1, -0.05) is 0 Å². The Labute approximate surface area is 104 Å². The third kappa shape index (κ3) is 2.01. The molecule has 1 aliphatic rings. The lowest BCUT2D eigenvalue weighted by Gasteiger charge is -2.31. The molecule has 18 heavy (non-hydrogen) atoms. The van der Waals surface area contributed by atoms with Gasteiger partial charge in [0.2, 0.25) is 5.75 Å². The van der Waals surface area contributed by atoms with Crippen LogP contribution in [0.1, 0.15) is 30.6 Å². The van der Waals surface area contributed by atoms with Crippen molar-refractivity contribution in [3.05, 3.63) is 27.8 Å². The number of nitrogens with zero attached hydrogens (tertiary/aromatic N) is 1. The van der Waals surface area contributed by atoms with E-state index in [4.69, 9.17) is 9.47 Å². The average Bonchev–Trinajstić information content (AvgIpc) is 2.25. The third-order valence-corrected chi connectivity index (χ3v) is 2.75. The van der Waals surface area contributed by atoms with Gasteiger partial charge in [0.25, 0.3) is 0 Å². The number of hydrogen-bond acceptors (Lipinski definition) is 5. The molecule has 6 heteroatoms. The van der Waals surface area contributed by atoms with Crippen LogP contribution in [-0.2, 0) is 0 Å². The van der Waals surface area contributed by atoms with Crippen LogP contribution >= 0.6 is 0 Å². The predicted octanol–water partition coefficient (Wildman–Crippen LogP) is 2.35. The van der Waals surface area contributed by atoms with E-state index in [2.05, 4.69) is 0 Å². The van der Waals surface area contributed by atoms with Gasteiger partial charge in [-0.25, -0.2) is 0 Å². The highest BCUT2D eigenvalue weighted by molar-refractivity contribution is 6.01. The van der Waals surface area contributed by atoms with Crippen LogP contribution in [0, 0.1) is 10.1 Å². The van der Waals surface area contributed by atoms with Crippen molar-refractivity contribution < 1.29 is 19.2 Å². The maximum atomic E-state index is 11.9. The Morgan fingerprint density at radius 3 is 2.67 bits per heavy atom. The van der Waals surface area contributed by atoms with Gasteiger partial charge in [0.1, 0.15) is 11.4 Å².